The molecule has 1 N–H and O–H groups in total. The van der Waals surface area contributed by atoms with Crippen LogP contribution >= 0.6 is 15.9 Å². The molecule has 6 heteroatoms. The summed E-state index contributed by atoms with van der Waals surface area (Å²) in [6.45, 7) is 2.88. The van der Waals surface area contributed by atoms with Gasteiger partial charge in [-0.25, -0.2) is 4.39 Å². The summed E-state index contributed by atoms with van der Waals surface area (Å²) in [7, 11) is 0. The summed E-state index contributed by atoms with van der Waals surface area (Å²) < 4.78 is 15.7. The van der Waals surface area contributed by atoms with Gasteiger partial charge in [-0.05, 0) is 40.5 Å². The first-order valence-corrected chi connectivity index (χ1v) is 6.58. The molecule has 0 radical (unpaired) electrons. The monoisotopic (exact) mass is 325 g/mol. The maximum atomic E-state index is 13.5. The highest BCUT2D eigenvalue weighted by atomic mass is 79.9. The fourth-order valence-electron chi connectivity index (χ4n) is 1.68. The Morgan fingerprint density at radius 2 is 2.32 bits per heavy atom. The van der Waals surface area contributed by atoms with E-state index in [2.05, 4.69) is 26.3 Å². The van der Waals surface area contributed by atoms with Gasteiger partial charge in [0, 0.05) is 17.2 Å². The number of amides is 1. The second kappa shape index (κ2) is 5.97. The van der Waals surface area contributed by atoms with Gasteiger partial charge in [-0.15, -0.1) is 0 Å². The molecular formula is C13H13BrFN3O. The predicted molar refractivity (Wildman–Crippen MR) is 73.4 cm³/mol. The zero-order chi connectivity index (χ0) is 13.8. The van der Waals surface area contributed by atoms with E-state index < -0.39 is 11.7 Å². The van der Waals surface area contributed by atoms with Crippen LogP contribution in [0.15, 0.2) is 35.1 Å². The summed E-state index contributed by atoms with van der Waals surface area (Å²) in [5.41, 5.74) is 1.09. The first-order chi connectivity index (χ1) is 9.08. The smallest absolute Gasteiger partial charge is 0.255 e. The normalized spacial score (nSPS) is 10.5. The van der Waals surface area contributed by atoms with Crippen LogP contribution < -0.4 is 5.32 Å². The Kier molecular flexibility index (Phi) is 4.31. The summed E-state index contributed by atoms with van der Waals surface area (Å²) in [6.07, 6.45) is 3.63. The molecule has 0 aliphatic rings. The molecule has 0 saturated carbocycles. The molecule has 0 atom stereocenters. The third kappa shape index (κ3) is 3.41. The lowest BCUT2D eigenvalue weighted by Crippen LogP contribution is -2.28. The number of carbonyl (C=O) groups excluding carboxylic acids is 1. The van der Waals surface area contributed by atoms with E-state index >= 15 is 0 Å². The minimum atomic E-state index is -0.540. The van der Waals surface area contributed by atoms with Gasteiger partial charge in [0.2, 0.25) is 0 Å². The van der Waals surface area contributed by atoms with Gasteiger partial charge in [-0.1, -0.05) is 6.07 Å². The Hall–Kier alpha value is -1.69. The summed E-state index contributed by atoms with van der Waals surface area (Å²) in [6, 6.07) is 4.44. The van der Waals surface area contributed by atoms with Gasteiger partial charge in [0.05, 0.1) is 18.3 Å². The van der Waals surface area contributed by atoms with Gasteiger partial charge in [-0.3, -0.25) is 9.48 Å². The van der Waals surface area contributed by atoms with Crippen LogP contribution in [0.4, 0.5) is 4.39 Å². The third-order valence-electron chi connectivity index (χ3n) is 2.58. The quantitative estimate of drug-likeness (QED) is 0.938. The fraction of sp³-hybridized carbons (Fsp3) is 0.231. The van der Waals surface area contributed by atoms with Crippen molar-refractivity contribution in [3.63, 3.8) is 0 Å². The lowest BCUT2D eigenvalue weighted by molar-refractivity contribution is 0.0947. The number of aromatic nitrogens is 2. The highest BCUT2D eigenvalue weighted by molar-refractivity contribution is 9.10. The molecule has 1 aromatic heterocycles. The van der Waals surface area contributed by atoms with E-state index in [0.717, 1.165) is 5.56 Å². The van der Waals surface area contributed by atoms with Gasteiger partial charge >= 0.3 is 0 Å². The molecule has 2 rings (SSSR count). The molecule has 4 nitrogen and oxygen atoms in total. The number of hydrogen-bond acceptors (Lipinski definition) is 2. The highest BCUT2D eigenvalue weighted by Gasteiger charge is 2.14. The van der Waals surface area contributed by atoms with Crippen LogP contribution in [0.5, 0.6) is 0 Å². The van der Waals surface area contributed by atoms with E-state index in [1.165, 1.54) is 6.07 Å². The lowest BCUT2D eigenvalue weighted by Gasteiger charge is -2.07. The Morgan fingerprint density at radius 1 is 1.53 bits per heavy atom. The SMILES string of the molecule is Cc1cnn(CCNC(=O)c2c(F)cccc2Br)c1. The zero-order valence-corrected chi connectivity index (χ0v) is 11.9. The largest absolute Gasteiger partial charge is 0.350 e. The Bertz CT molecular complexity index is 577. The number of halogens is 2. The Labute approximate surface area is 118 Å². The van der Waals surface area contributed by atoms with Crippen molar-refractivity contribution in [3.05, 3.63) is 52.0 Å². The fourth-order valence-corrected chi connectivity index (χ4v) is 2.20. The van der Waals surface area contributed by atoms with E-state index in [-0.39, 0.29) is 5.56 Å². The first kappa shape index (κ1) is 13.7. The van der Waals surface area contributed by atoms with Crippen molar-refractivity contribution in [3.8, 4) is 0 Å². The van der Waals surface area contributed by atoms with Crippen molar-refractivity contribution < 1.29 is 9.18 Å². The van der Waals surface area contributed by atoms with Crippen LogP contribution in [0.3, 0.4) is 0 Å². The van der Waals surface area contributed by atoms with Gasteiger partial charge in [-0.2, -0.15) is 5.10 Å². The van der Waals surface area contributed by atoms with E-state index in [4.69, 9.17) is 0 Å². The summed E-state index contributed by atoms with van der Waals surface area (Å²) >= 11 is 3.17. The molecule has 1 amide bonds. The van der Waals surface area contributed by atoms with Crippen LogP contribution in [-0.2, 0) is 6.54 Å². The molecule has 0 saturated heterocycles. The van der Waals surface area contributed by atoms with Crippen LogP contribution in [0, 0.1) is 12.7 Å². The second-order valence-corrected chi connectivity index (χ2v) is 4.99. The number of nitrogens with zero attached hydrogens (tertiary/aromatic N) is 2. The molecule has 19 heavy (non-hydrogen) atoms. The molecular weight excluding hydrogens is 313 g/mol. The molecule has 0 spiro atoms. The van der Waals surface area contributed by atoms with Gasteiger partial charge < -0.3 is 5.32 Å². The summed E-state index contributed by atoms with van der Waals surface area (Å²) in [5.74, 6) is -0.976. The number of hydrogen-bond donors (Lipinski definition) is 1. The van der Waals surface area contributed by atoms with Crippen LogP contribution in [0.1, 0.15) is 15.9 Å². The average Bonchev–Trinajstić information content (AvgIpc) is 2.75. The molecule has 0 fully saturated rings. The van der Waals surface area contributed by atoms with E-state index in [1.54, 1.807) is 23.0 Å². The van der Waals surface area contributed by atoms with E-state index in [9.17, 15) is 9.18 Å². The van der Waals surface area contributed by atoms with E-state index in [0.29, 0.717) is 17.6 Å². The molecule has 1 heterocycles. The number of nitrogens with one attached hydrogen (secondary N) is 1. The zero-order valence-electron chi connectivity index (χ0n) is 10.4. The number of rotatable bonds is 4. The van der Waals surface area contributed by atoms with Gasteiger partial charge in [0.25, 0.3) is 5.91 Å². The van der Waals surface area contributed by atoms with Crippen molar-refractivity contribution in [2.45, 2.75) is 13.5 Å². The Morgan fingerprint density at radius 3 is 2.95 bits per heavy atom. The molecule has 2 aromatic rings. The molecule has 1 aromatic carbocycles. The predicted octanol–water partition coefficient (Wildman–Crippen LogP) is 2.52. The Balaban J connectivity index is 1.94. The van der Waals surface area contributed by atoms with Crippen LogP contribution in [0.25, 0.3) is 0 Å². The van der Waals surface area contributed by atoms with E-state index in [1.807, 2.05) is 13.1 Å². The van der Waals surface area contributed by atoms with Crippen LogP contribution in [-0.4, -0.2) is 22.2 Å². The third-order valence-corrected chi connectivity index (χ3v) is 3.24. The highest BCUT2D eigenvalue weighted by Crippen LogP contribution is 2.19. The van der Waals surface area contributed by atoms with Crippen molar-refractivity contribution in [1.29, 1.82) is 0 Å². The standard InChI is InChI=1S/C13H13BrFN3O/c1-9-7-17-18(8-9)6-5-16-13(19)12-10(14)3-2-4-11(12)15/h2-4,7-8H,5-6H2,1H3,(H,16,19). The molecule has 0 unspecified atom stereocenters. The molecule has 0 aliphatic carbocycles. The first-order valence-electron chi connectivity index (χ1n) is 5.79. The van der Waals surface area contributed by atoms with Crippen molar-refractivity contribution in [2.24, 2.45) is 0 Å². The van der Waals surface area contributed by atoms with Crippen molar-refractivity contribution in [1.82, 2.24) is 15.1 Å². The maximum Gasteiger partial charge on any atom is 0.255 e. The lowest BCUT2D eigenvalue weighted by atomic mass is 10.2. The number of aryl methyl sites for hydroxylation is 1. The van der Waals surface area contributed by atoms with Crippen molar-refractivity contribution >= 4 is 21.8 Å². The molecule has 0 bridgehead atoms. The molecule has 0 aliphatic heterocycles. The van der Waals surface area contributed by atoms with Crippen LogP contribution in [0.2, 0.25) is 0 Å². The van der Waals surface area contributed by atoms with Gasteiger partial charge in [0.1, 0.15) is 5.82 Å². The number of benzene rings is 1. The number of carbonyl (C=O) groups is 1. The molecule has 100 valence electrons. The average molecular weight is 326 g/mol. The topological polar surface area (TPSA) is 46.9 Å². The van der Waals surface area contributed by atoms with Crippen molar-refractivity contribution in [2.75, 3.05) is 6.54 Å². The maximum absolute atomic E-state index is 13.5. The summed E-state index contributed by atoms with van der Waals surface area (Å²) in [5, 5.41) is 6.77. The summed E-state index contributed by atoms with van der Waals surface area (Å²) in [4.78, 5) is 11.9. The minimum absolute atomic E-state index is 0.0270. The van der Waals surface area contributed by atoms with Gasteiger partial charge in [0.15, 0.2) is 0 Å². The minimum Gasteiger partial charge on any atom is -0.350 e. The second-order valence-electron chi connectivity index (χ2n) is 4.13.